The van der Waals surface area contributed by atoms with Crippen molar-refractivity contribution in [3.05, 3.63) is 64.1 Å². The van der Waals surface area contributed by atoms with Crippen molar-refractivity contribution >= 4 is 31.9 Å². The lowest BCUT2D eigenvalue weighted by molar-refractivity contribution is 0.0953. The average molecular weight is 397 g/mol. The van der Waals surface area contributed by atoms with Gasteiger partial charge >= 0.3 is 0 Å². The fourth-order valence-electron chi connectivity index (χ4n) is 2.04. The highest BCUT2D eigenvalue weighted by Crippen LogP contribution is 2.11. The smallest absolute Gasteiger partial charge is 0.251 e. The number of primary sulfonamides is 1. The number of hydrogen-bond donors (Lipinski definition) is 2. The van der Waals surface area contributed by atoms with Crippen LogP contribution in [0.5, 0.6) is 0 Å². The van der Waals surface area contributed by atoms with E-state index in [1.165, 1.54) is 12.1 Å². The molecule has 122 valence electrons. The topological polar surface area (TPSA) is 89.3 Å². The summed E-state index contributed by atoms with van der Waals surface area (Å²) in [6, 6.07) is 13.6. The Morgan fingerprint density at radius 2 is 1.65 bits per heavy atom. The average Bonchev–Trinajstić information content (AvgIpc) is 2.51. The molecule has 0 bridgehead atoms. The molecule has 3 N–H and O–H groups in total. The van der Waals surface area contributed by atoms with E-state index in [4.69, 9.17) is 5.14 Å². The van der Waals surface area contributed by atoms with Gasteiger partial charge < -0.3 is 5.32 Å². The summed E-state index contributed by atoms with van der Waals surface area (Å²) in [5.41, 5.74) is 1.61. The number of aryl methyl sites for hydroxylation is 1. The number of carbonyl (C=O) groups excluding carboxylic acids is 1. The standard InChI is InChI=1S/C16H17BrN2O3S/c17-14-7-5-13(6-8-14)16(20)19-11-1-2-12-3-9-15(10-4-12)23(18,21)22/h3-10H,1-2,11H2,(H,19,20)(H2,18,21,22). The minimum Gasteiger partial charge on any atom is -0.352 e. The first-order valence-corrected chi connectivity index (χ1v) is 9.36. The number of nitrogens with one attached hydrogen (secondary N) is 1. The molecule has 0 spiro atoms. The van der Waals surface area contributed by atoms with E-state index in [9.17, 15) is 13.2 Å². The van der Waals surface area contributed by atoms with Gasteiger partial charge in [-0.1, -0.05) is 28.1 Å². The molecule has 2 aromatic rings. The first kappa shape index (κ1) is 17.7. The van der Waals surface area contributed by atoms with Crippen LogP contribution in [0.25, 0.3) is 0 Å². The van der Waals surface area contributed by atoms with Gasteiger partial charge in [0.15, 0.2) is 0 Å². The highest BCUT2D eigenvalue weighted by atomic mass is 79.9. The Morgan fingerprint density at radius 3 is 2.22 bits per heavy atom. The Bertz CT molecular complexity index is 772. The van der Waals surface area contributed by atoms with Crippen LogP contribution < -0.4 is 10.5 Å². The molecule has 1 amide bonds. The lowest BCUT2D eigenvalue weighted by atomic mass is 10.1. The second-order valence-corrected chi connectivity index (χ2v) is 7.53. The van der Waals surface area contributed by atoms with Gasteiger partial charge in [0.05, 0.1) is 4.90 Å². The number of nitrogens with two attached hydrogens (primary N) is 1. The summed E-state index contributed by atoms with van der Waals surface area (Å²) in [5.74, 6) is -0.109. The van der Waals surface area contributed by atoms with Crippen molar-refractivity contribution < 1.29 is 13.2 Å². The van der Waals surface area contributed by atoms with Gasteiger partial charge in [0.1, 0.15) is 0 Å². The van der Waals surface area contributed by atoms with Gasteiger partial charge in [0.2, 0.25) is 10.0 Å². The Labute approximate surface area is 144 Å². The fraction of sp³-hybridized carbons (Fsp3) is 0.188. The minimum atomic E-state index is -3.65. The van der Waals surface area contributed by atoms with E-state index in [2.05, 4.69) is 21.2 Å². The van der Waals surface area contributed by atoms with Crippen LogP contribution in [0.3, 0.4) is 0 Å². The van der Waals surface area contributed by atoms with Gasteiger partial charge in [-0.2, -0.15) is 0 Å². The predicted molar refractivity (Wildman–Crippen MR) is 92.6 cm³/mol. The van der Waals surface area contributed by atoms with Crippen molar-refractivity contribution in [3.63, 3.8) is 0 Å². The van der Waals surface area contributed by atoms with Crippen LogP contribution >= 0.6 is 15.9 Å². The summed E-state index contributed by atoms with van der Waals surface area (Å²) in [4.78, 5) is 12.0. The van der Waals surface area contributed by atoms with Crippen LogP contribution in [0.15, 0.2) is 57.9 Å². The summed E-state index contributed by atoms with van der Waals surface area (Å²) < 4.78 is 23.3. The number of halogens is 1. The maximum atomic E-state index is 11.9. The van der Waals surface area contributed by atoms with Gasteiger partial charge in [0.25, 0.3) is 5.91 Å². The molecule has 0 aliphatic carbocycles. The second-order valence-electron chi connectivity index (χ2n) is 5.06. The van der Waals surface area contributed by atoms with Gasteiger partial charge in [-0.25, -0.2) is 13.6 Å². The molecule has 0 aliphatic heterocycles. The normalized spacial score (nSPS) is 11.2. The van der Waals surface area contributed by atoms with Gasteiger partial charge in [-0.15, -0.1) is 0 Å². The van der Waals surface area contributed by atoms with Crippen molar-refractivity contribution in [1.29, 1.82) is 0 Å². The molecule has 0 aliphatic rings. The van der Waals surface area contributed by atoms with Gasteiger partial charge in [-0.3, -0.25) is 4.79 Å². The fourth-order valence-corrected chi connectivity index (χ4v) is 2.82. The zero-order valence-electron chi connectivity index (χ0n) is 12.3. The molecule has 2 rings (SSSR count). The third-order valence-electron chi connectivity index (χ3n) is 3.29. The van der Waals surface area contributed by atoms with E-state index < -0.39 is 10.0 Å². The lowest BCUT2D eigenvalue weighted by Crippen LogP contribution is -2.24. The predicted octanol–water partition coefficient (Wildman–Crippen LogP) is 2.46. The molecule has 0 saturated carbocycles. The Balaban J connectivity index is 1.79. The monoisotopic (exact) mass is 396 g/mol. The molecule has 5 nitrogen and oxygen atoms in total. The van der Waals surface area contributed by atoms with Gasteiger partial charge in [-0.05, 0) is 54.8 Å². The quantitative estimate of drug-likeness (QED) is 0.734. The Kier molecular flexibility index (Phi) is 5.92. The zero-order valence-corrected chi connectivity index (χ0v) is 14.7. The van der Waals surface area contributed by atoms with Crippen LogP contribution in [-0.4, -0.2) is 20.9 Å². The Morgan fingerprint density at radius 1 is 1.04 bits per heavy atom. The van der Waals surface area contributed by atoms with E-state index in [0.29, 0.717) is 12.1 Å². The summed E-state index contributed by atoms with van der Waals surface area (Å²) >= 11 is 3.32. The van der Waals surface area contributed by atoms with Crippen LogP contribution in [0, 0.1) is 0 Å². The van der Waals surface area contributed by atoms with Crippen molar-refractivity contribution in [2.24, 2.45) is 5.14 Å². The summed E-state index contributed by atoms with van der Waals surface area (Å²) in [6.07, 6.45) is 1.50. The van der Waals surface area contributed by atoms with E-state index in [-0.39, 0.29) is 10.8 Å². The van der Waals surface area contributed by atoms with E-state index in [0.717, 1.165) is 22.9 Å². The third-order valence-corrected chi connectivity index (χ3v) is 4.74. The summed E-state index contributed by atoms with van der Waals surface area (Å²) in [7, 11) is -3.65. The van der Waals surface area contributed by atoms with E-state index >= 15 is 0 Å². The molecule has 0 radical (unpaired) electrons. The van der Waals surface area contributed by atoms with Crippen molar-refractivity contribution in [1.82, 2.24) is 5.32 Å². The maximum absolute atomic E-state index is 11.9. The second kappa shape index (κ2) is 7.72. The molecule has 0 unspecified atom stereocenters. The highest BCUT2D eigenvalue weighted by molar-refractivity contribution is 9.10. The number of amides is 1. The molecular formula is C16H17BrN2O3S. The summed E-state index contributed by atoms with van der Waals surface area (Å²) in [5, 5.41) is 7.90. The zero-order chi connectivity index (χ0) is 16.9. The SMILES string of the molecule is NS(=O)(=O)c1ccc(CCCNC(=O)c2ccc(Br)cc2)cc1. The molecule has 0 saturated heterocycles. The first-order valence-electron chi connectivity index (χ1n) is 7.02. The number of rotatable bonds is 6. The maximum Gasteiger partial charge on any atom is 0.251 e. The highest BCUT2D eigenvalue weighted by Gasteiger charge is 2.07. The lowest BCUT2D eigenvalue weighted by Gasteiger charge is -2.06. The van der Waals surface area contributed by atoms with E-state index in [1.807, 2.05) is 12.1 Å². The minimum absolute atomic E-state index is 0.102. The van der Waals surface area contributed by atoms with Crippen molar-refractivity contribution in [2.75, 3.05) is 6.54 Å². The molecule has 0 heterocycles. The number of benzene rings is 2. The largest absolute Gasteiger partial charge is 0.352 e. The van der Waals surface area contributed by atoms with Crippen molar-refractivity contribution in [3.8, 4) is 0 Å². The molecule has 23 heavy (non-hydrogen) atoms. The molecule has 2 aromatic carbocycles. The van der Waals surface area contributed by atoms with Crippen LogP contribution in [-0.2, 0) is 16.4 Å². The number of hydrogen-bond acceptors (Lipinski definition) is 3. The first-order chi connectivity index (χ1) is 10.9. The van der Waals surface area contributed by atoms with Crippen LogP contribution in [0.2, 0.25) is 0 Å². The number of sulfonamides is 1. The summed E-state index contributed by atoms with van der Waals surface area (Å²) in [6.45, 7) is 0.547. The van der Waals surface area contributed by atoms with Crippen molar-refractivity contribution in [2.45, 2.75) is 17.7 Å². The van der Waals surface area contributed by atoms with Gasteiger partial charge in [0, 0.05) is 16.6 Å². The number of carbonyl (C=O) groups is 1. The molecule has 0 aromatic heterocycles. The van der Waals surface area contributed by atoms with Crippen LogP contribution in [0.4, 0.5) is 0 Å². The van der Waals surface area contributed by atoms with Crippen LogP contribution in [0.1, 0.15) is 22.3 Å². The molecule has 7 heteroatoms. The Hall–Kier alpha value is -1.70. The molecular weight excluding hydrogens is 380 g/mol. The molecule has 0 fully saturated rings. The third kappa shape index (κ3) is 5.46. The molecule has 0 atom stereocenters. The van der Waals surface area contributed by atoms with E-state index in [1.54, 1.807) is 24.3 Å².